The Morgan fingerprint density at radius 3 is 2.75 bits per heavy atom. The third-order valence-corrected chi connectivity index (χ3v) is 4.84. The summed E-state index contributed by atoms with van der Waals surface area (Å²) in [6, 6.07) is 9.08. The minimum Gasteiger partial charge on any atom is -0.463 e. The monoisotopic (exact) mass is 326 g/mol. The Hall–Kier alpha value is -2.07. The first-order chi connectivity index (χ1) is 11.7. The van der Waals surface area contributed by atoms with Crippen molar-refractivity contribution >= 4 is 22.9 Å². The molecule has 1 fully saturated rings. The van der Waals surface area contributed by atoms with Crippen molar-refractivity contribution < 1.29 is 9.53 Å². The van der Waals surface area contributed by atoms with Crippen LogP contribution >= 0.6 is 0 Å². The minimum atomic E-state index is -0.292. The second-order valence-electron chi connectivity index (χ2n) is 6.29. The molecule has 0 N–H and O–H groups in total. The molecular weight excluding hydrogens is 300 g/mol. The lowest BCUT2D eigenvalue weighted by Gasteiger charge is -2.32. The zero-order valence-corrected chi connectivity index (χ0v) is 14.6. The van der Waals surface area contributed by atoms with Gasteiger partial charge in [0.1, 0.15) is 0 Å². The van der Waals surface area contributed by atoms with Crippen molar-refractivity contribution in [3.8, 4) is 0 Å². The first-order valence-electron chi connectivity index (χ1n) is 8.89. The van der Waals surface area contributed by atoms with E-state index in [1.807, 2.05) is 19.1 Å². The number of aromatic nitrogens is 1. The van der Waals surface area contributed by atoms with Crippen molar-refractivity contribution in [3.63, 3.8) is 0 Å². The summed E-state index contributed by atoms with van der Waals surface area (Å²) in [7, 11) is 0. The first kappa shape index (κ1) is 16.8. The van der Waals surface area contributed by atoms with E-state index in [0.717, 1.165) is 12.1 Å². The molecular formula is C20H26N2O2. The molecule has 3 rings (SSSR count). The van der Waals surface area contributed by atoms with E-state index in [1.165, 1.54) is 42.9 Å². The van der Waals surface area contributed by atoms with Gasteiger partial charge in [-0.05, 0) is 55.5 Å². The summed E-state index contributed by atoms with van der Waals surface area (Å²) in [5, 5.41) is 1.25. The van der Waals surface area contributed by atoms with Crippen LogP contribution in [0.3, 0.4) is 0 Å². The Morgan fingerprint density at radius 2 is 2.04 bits per heavy atom. The molecule has 4 nitrogen and oxygen atoms in total. The van der Waals surface area contributed by atoms with Crippen LogP contribution in [-0.2, 0) is 9.53 Å². The largest absolute Gasteiger partial charge is 0.463 e. The molecule has 2 aromatic rings. The molecule has 0 spiro atoms. The second kappa shape index (κ2) is 7.67. The molecule has 2 heterocycles. The van der Waals surface area contributed by atoms with E-state index < -0.39 is 0 Å². The molecule has 0 radical (unpaired) electrons. The maximum absolute atomic E-state index is 11.5. The SMILES string of the molecule is CCOC(=O)C=Cc1ccc2ccn(C3CCN(CC)CC3)c2c1. The fourth-order valence-electron chi connectivity index (χ4n) is 3.46. The summed E-state index contributed by atoms with van der Waals surface area (Å²) in [5.41, 5.74) is 2.28. The van der Waals surface area contributed by atoms with Crippen LogP contribution in [-0.4, -0.2) is 41.7 Å². The highest BCUT2D eigenvalue weighted by atomic mass is 16.5. The van der Waals surface area contributed by atoms with Crippen LogP contribution in [0.25, 0.3) is 17.0 Å². The normalized spacial score (nSPS) is 16.9. The number of hydrogen-bond donors (Lipinski definition) is 0. The minimum absolute atomic E-state index is 0.292. The van der Waals surface area contributed by atoms with E-state index in [2.05, 4.69) is 40.8 Å². The lowest BCUT2D eigenvalue weighted by atomic mass is 10.0. The van der Waals surface area contributed by atoms with E-state index in [9.17, 15) is 4.79 Å². The van der Waals surface area contributed by atoms with Crippen molar-refractivity contribution in [1.82, 2.24) is 9.47 Å². The van der Waals surface area contributed by atoms with Gasteiger partial charge < -0.3 is 14.2 Å². The molecule has 24 heavy (non-hydrogen) atoms. The van der Waals surface area contributed by atoms with E-state index in [0.29, 0.717) is 12.6 Å². The number of piperidine rings is 1. The lowest BCUT2D eigenvalue weighted by molar-refractivity contribution is -0.137. The number of benzene rings is 1. The van der Waals surface area contributed by atoms with E-state index in [4.69, 9.17) is 4.74 Å². The number of fused-ring (bicyclic) bond motifs is 1. The van der Waals surface area contributed by atoms with Gasteiger partial charge in [-0.15, -0.1) is 0 Å². The van der Waals surface area contributed by atoms with E-state index >= 15 is 0 Å². The van der Waals surface area contributed by atoms with Crippen LogP contribution in [0.15, 0.2) is 36.5 Å². The fourth-order valence-corrected chi connectivity index (χ4v) is 3.46. The van der Waals surface area contributed by atoms with Crippen molar-refractivity contribution in [2.75, 3.05) is 26.2 Å². The fraction of sp³-hybridized carbons (Fsp3) is 0.450. The second-order valence-corrected chi connectivity index (χ2v) is 6.29. The van der Waals surface area contributed by atoms with Gasteiger partial charge in [0, 0.05) is 36.9 Å². The predicted molar refractivity (Wildman–Crippen MR) is 98.0 cm³/mol. The quantitative estimate of drug-likeness (QED) is 0.618. The lowest BCUT2D eigenvalue weighted by Crippen LogP contribution is -2.34. The summed E-state index contributed by atoms with van der Waals surface area (Å²) in [4.78, 5) is 14.0. The highest BCUT2D eigenvalue weighted by Crippen LogP contribution is 2.28. The zero-order valence-electron chi connectivity index (χ0n) is 14.6. The van der Waals surface area contributed by atoms with Crippen molar-refractivity contribution in [1.29, 1.82) is 0 Å². The molecule has 128 valence electrons. The Balaban J connectivity index is 1.80. The average Bonchev–Trinajstić information content (AvgIpc) is 3.03. The van der Waals surface area contributed by atoms with E-state index in [-0.39, 0.29) is 5.97 Å². The van der Waals surface area contributed by atoms with Gasteiger partial charge in [0.25, 0.3) is 0 Å². The molecule has 1 aliphatic heterocycles. The maximum atomic E-state index is 11.5. The number of likely N-dealkylation sites (tertiary alicyclic amines) is 1. The van der Waals surface area contributed by atoms with Crippen LogP contribution in [0, 0.1) is 0 Å². The standard InChI is InChI=1S/C20H26N2O2/c1-3-21-12-10-18(11-13-21)22-14-9-17-7-5-16(15-19(17)22)6-8-20(23)24-4-2/h5-9,14-15,18H,3-4,10-13H2,1-2H3. The van der Waals surface area contributed by atoms with E-state index in [1.54, 1.807) is 0 Å². The average molecular weight is 326 g/mol. The first-order valence-corrected chi connectivity index (χ1v) is 8.89. The van der Waals surface area contributed by atoms with Gasteiger partial charge in [-0.2, -0.15) is 0 Å². The number of carbonyl (C=O) groups excluding carboxylic acids is 1. The molecule has 0 aliphatic carbocycles. The highest BCUT2D eigenvalue weighted by molar-refractivity contribution is 5.89. The van der Waals surface area contributed by atoms with Crippen molar-refractivity contribution in [2.24, 2.45) is 0 Å². The van der Waals surface area contributed by atoms with Crippen molar-refractivity contribution in [2.45, 2.75) is 32.7 Å². The summed E-state index contributed by atoms with van der Waals surface area (Å²) in [5.74, 6) is -0.292. The maximum Gasteiger partial charge on any atom is 0.330 e. The third-order valence-electron chi connectivity index (χ3n) is 4.84. The number of ether oxygens (including phenoxy) is 1. The molecule has 0 bridgehead atoms. The number of hydrogen-bond acceptors (Lipinski definition) is 3. The van der Waals surface area contributed by atoms with Gasteiger partial charge in [-0.3, -0.25) is 0 Å². The zero-order chi connectivity index (χ0) is 16.9. The Labute approximate surface area is 143 Å². The Kier molecular flexibility index (Phi) is 5.36. The van der Waals surface area contributed by atoms with Crippen LogP contribution in [0.1, 0.15) is 38.3 Å². The number of esters is 1. The number of rotatable bonds is 5. The summed E-state index contributed by atoms with van der Waals surface area (Å²) in [6.07, 6.45) is 7.92. The molecule has 0 amide bonds. The van der Waals surface area contributed by atoms with Gasteiger partial charge in [-0.25, -0.2) is 4.79 Å². The summed E-state index contributed by atoms with van der Waals surface area (Å²) >= 11 is 0. The predicted octanol–water partition coefficient (Wildman–Crippen LogP) is 3.87. The van der Waals surface area contributed by atoms with Gasteiger partial charge in [0.15, 0.2) is 0 Å². The van der Waals surface area contributed by atoms with Gasteiger partial charge >= 0.3 is 5.97 Å². The molecule has 0 unspecified atom stereocenters. The molecule has 1 aromatic carbocycles. The van der Waals surface area contributed by atoms with Gasteiger partial charge in [-0.1, -0.05) is 19.1 Å². The number of carbonyl (C=O) groups is 1. The van der Waals surface area contributed by atoms with Gasteiger partial charge in [0.2, 0.25) is 0 Å². The summed E-state index contributed by atoms with van der Waals surface area (Å²) in [6.45, 7) is 7.93. The Morgan fingerprint density at radius 1 is 1.25 bits per heavy atom. The van der Waals surface area contributed by atoms with Crippen LogP contribution in [0.4, 0.5) is 0 Å². The molecule has 0 saturated carbocycles. The smallest absolute Gasteiger partial charge is 0.330 e. The molecule has 1 aromatic heterocycles. The molecule has 4 heteroatoms. The van der Waals surface area contributed by atoms with Crippen molar-refractivity contribution in [3.05, 3.63) is 42.1 Å². The highest BCUT2D eigenvalue weighted by Gasteiger charge is 2.20. The Bertz CT molecular complexity index is 724. The van der Waals surface area contributed by atoms with Crippen LogP contribution < -0.4 is 0 Å². The third kappa shape index (κ3) is 3.70. The number of nitrogens with zero attached hydrogens (tertiary/aromatic N) is 2. The molecule has 1 aliphatic rings. The van der Waals surface area contributed by atoms with Crippen LogP contribution in [0.2, 0.25) is 0 Å². The topological polar surface area (TPSA) is 34.5 Å². The van der Waals surface area contributed by atoms with Crippen LogP contribution in [0.5, 0.6) is 0 Å². The molecule has 0 atom stereocenters. The molecule has 1 saturated heterocycles. The van der Waals surface area contributed by atoms with Gasteiger partial charge in [0.05, 0.1) is 6.61 Å². The summed E-state index contributed by atoms with van der Waals surface area (Å²) < 4.78 is 7.35.